The number of amides is 1. The van der Waals surface area contributed by atoms with E-state index in [4.69, 9.17) is 16.3 Å². The van der Waals surface area contributed by atoms with Gasteiger partial charge in [0.15, 0.2) is 6.10 Å². The zero-order valence-electron chi connectivity index (χ0n) is 11.1. The first-order valence-corrected chi connectivity index (χ1v) is 6.66. The number of halogens is 1. The van der Waals surface area contributed by atoms with Crippen LogP contribution in [0, 0.1) is 6.92 Å². The molecule has 1 unspecified atom stereocenters. The molecule has 0 radical (unpaired) electrons. The summed E-state index contributed by atoms with van der Waals surface area (Å²) in [6.07, 6.45) is 1.11. The van der Waals surface area contributed by atoms with E-state index in [1.54, 1.807) is 12.1 Å². The monoisotopic (exact) mass is 269 g/mol. The molecule has 0 heterocycles. The molecule has 3 nitrogen and oxygen atoms in total. The molecule has 1 aromatic carbocycles. The van der Waals surface area contributed by atoms with Crippen LogP contribution in [-0.4, -0.2) is 18.6 Å². The molecule has 0 saturated carbocycles. The molecule has 1 N–H and O–H groups in total. The molecule has 0 aliphatic carbocycles. The number of benzene rings is 1. The zero-order valence-corrected chi connectivity index (χ0v) is 11.9. The van der Waals surface area contributed by atoms with Gasteiger partial charge in [0.1, 0.15) is 5.75 Å². The summed E-state index contributed by atoms with van der Waals surface area (Å²) < 4.78 is 5.69. The summed E-state index contributed by atoms with van der Waals surface area (Å²) >= 11 is 5.95. The summed E-state index contributed by atoms with van der Waals surface area (Å²) in [5.74, 6) is 0.613. The highest BCUT2D eigenvalue weighted by molar-refractivity contribution is 6.31. The Morgan fingerprint density at radius 3 is 2.72 bits per heavy atom. The number of ether oxygens (including phenoxy) is 1. The third kappa shape index (κ3) is 4.22. The van der Waals surface area contributed by atoms with Crippen molar-refractivity contribution in [2.45, 2.75) is 39.7 Å². The van der Waals surface area contributed by atoms with Gasteiger partial charge in [-0.25, -0.2) is 0 Å². The van der Waals surface area contributed by atoms with E-state index < -0.39 is 6.10 Å². The van der Waals surface area contributed by atoms with Crippen molar-refractivity contribution in [2.24, 2.45) is 0 Å². The molecule has 1 amide bonds. The van der Waals surface area contributed by atoms with E-state index in [9.17, 15) is 4.79 Å². The van der Waals surface area contributed by atoms with Gasteiger partial charge in [0.2, 0.25) is 0 Å². The van der Waals surface area contributed by atoms with Crippen LogP contribution in [0.3, 0.4) is 0 Å². The van der Waals surface area contributed by atoms with E-state index in [1.165, 1.54) is 0 Å². The van der Waals surface area contributed by atoms with Gasteiger partial charge in [-0.3, -0.25) is 4.79 Å². The Hall–Kier alpha value is -1.22. The molecule has 18 heavy (non-hydrogen) atoms. The second-order valence-corrected chi connectivity index (χ2v) is 4.62. The molecule has 1 atom stereocenters. The second-order valence-electron chi connectivity index (χ2n) is 4.22. The first-order valence-electron chi connectivity index (χ1n) is 6.29. The summed E-state index contributed by atoms with van der Waals surface area (Å²) in [7, 11) is 0. The Kier molecular flexibility index (Phi) is 5.99. The van der Waals surface area contributed by atoms with Crippen LogP contribution >= 0.6 is 11.6 Å². The van der Waals surface area contributed by atoms with E-state index in [-0.39, 0.29) is 5.91 Å². The Labute approximate surface area is 113 Å². The van der Waals surface area contributed by atoms with Gasteiger partial charge in [-0.05, 0) is 43.5 Å². The van der Waals surface area contributed by atoms with E-state index in [0.717, 1.165) is 12.0 Å². The fourth-order valence-corrected chi connectivity index (χ4v) is 1.66. The summed E-state index contributed by atoms with van der Waals surface area (Å²) in [4.78, 5) is 11.8. The molecule has 0 fully saturated rings. The first-order chi connectivity index (χ1) is 8.58. The number of carbonyl (C=O) groups is 1. The average Bonchev–Trinajstić information content (AvgIpc) is 2.37. The van der Waals surface area contributed by atoms with Crippen LogP contribution < -0.4 is 10.1 Å². The standard InChI is InChI=1S/C14H20ClNO2/c1-4-8-16-14(17)13(5-2)18-11-6-7-12(15)10(3)9-11/h6-7,9,13H,4-5,8H2,1-3H3,(H,16,17). The first kappa shape index (κ1) is 14.8. The fraction of sp³-hybridized carbons (Fsp3) is 0.500. The number of hydrogen-bond donors (Lipinski definition) is 1. The van der Waals surface area contributed by atoms with Crippen LogP contribution in [-0.2, 0) is 4.79 Å². The molecule has 0 aliphatic rings. The van der Waals surface area contributed by atoms with Crippen molar-refractivity contribution >= 4 is 17.5 Å². The summed E-state index contributed by atoms with van der Waals surface area (Å²) in [6.45, 7) is 6.54. The van der Waals surface area contributed by atoms with Gasteiger partial charge in [-0.15, -0.1) is 0 Å². The Balaban J connectivity index is 2.67. The maximum Gasteiger partial charge on any atom is 0.261 e. The Bertz CT molecular complexity index is 407. The van der Waals surface area contributed by atoms with Gasteiger partial charge >= 0.3 is 0 Å². The summed E-state index contributed by atoms with van der Waals surface area (Å²) in [5, 5.41) is 3.54. The molecule has 0 spiro atoms. The predicted molar refractivity (Wildman–Crippen MR) is 74.2 cm³/mol. The maximum absolute atomic E-state index is 11.8. The molecular formula is C14H20ClNO2. The average molecular weight is 270 g/mol. The molecule has 4 heteroatoms. The Morgan fingerprint density at radius 2 is 2.17 bits per heavy atom. The Morgan fingerprint density at radius 1 is 1.44 bits per heavy atom. The van der Waals surface area contributed by atoms with Gasteiger partial charge in [0.25, 0.3) is 5.91 Å². The minimum atomic E-state index is -0.447. The maximum atomic E-state index is 11.8. The van der Waals surface area contributed by atoms with Crippen molar-refractivity contribution in [3.8, 4) is 5.75 Å². The highest BCUT2D eigenvalue weighted by Crippen LogP contribution is 2.22. The van der Waals surface area contributed by atoms with Crippen molar-refractivity contribution in [2.75, 3.05) is 6.54 Å². The van der Waals surface area contributed by atoms with Crippen molar-refractivity contribution < 1.29 is 9.53 Å². The van der Waals surface area contributed by atoms with Crippen LogP contribution in [0.1, 0.15) is 32.3 Å². The number of carbonyl (C=O) groups excluding carboxylic acids is 1. The lowest BCUT2D eigenvalue weighted by molar-refractivity contribution is -0.128. The molecule has 1 rings (SSSR count). The second kappa shape index (κ2) is 7.27. The zero-order chi connectivity index (χ0) is 13.5. The number of nitrogens with one attached hydrogen (secondary N) is 1. The molecule has 0 bridgehead atoms. The third-order valence-corrected chi connectivity index (χ3v) is 3.04. The van der Waals surface area contributed by atoms with E-state index in [1.807, 2.05) is 26.8 Å². The SMILES string of the molecule is CCCNC(=O)C(CC)Oc1ccc(Cl)c(C)c1. The largest absolute Gasteiger partial charge is 0.481 e. The minimum Gasteiger partial charge on any atom is -0.481 e. The van der Waals surface area contributed by atoms with Gasteiger partial charge in [-0.2, -0.15) is 0 Å². The van der Waals surface area contributed by atoms with Crippen LogP contribution in [0.25, 0.3) is 0 Å². The molecule has 0 aromatic heterocycles. The van der Waals surface area contributed by atoms with Crippen LogP contribution in [0.5, 0.6) is 5.75 Å². The summed E-state index contributed by atoms with van der Waals surface area (Å²) in [5.41, 5.74) is 0.943. The summed E-state index contributed by atoms with van der Waals surface area (Å²) in [6, 6.07) is 5.41. The highest BCUT2D eigenvalue weighted by atomic mass is 35.5. The van der Waals surface area contributed by atoms with Gasteiger partial charge in [0.05, 0.1) is 0 Å². The highest BCUT2D eigenvalue weighted by Gasteiger charge is 2.17. The van der Waals surface area contributed by atoms with Crippen molar-refractivity contribution in [3.63, 3.8) is 0 Å². The lowest BCUT2D eigenvalue weighted by Crippen LogP contribution is -2.38. The van der Waals surface area contributed by atoms with Crippen molar-refractivity contribution in [1.29, 1.82) is 0 Å². The van der Waals surface area contributed by atoms with E-state index in [0.29, 0.717) is 23.7 Å². The minimum absolute atomic E-state index is 0.0630. The lowest BCUT2D eigenvalue weighted by Gasteiger charge is -2.17. The molecule has 0 saturated heterocycles. The number of rotatable bonds is 6. The van der Waals surface area contributed by atoms with Crippen LogP contribution in [0.2, 0.25) is 5.02 Å². The topological polar surface area (TPSA) is 38.3 Å². The van der Waals surface area contributed by atoms with Crippen LogP contribution in [0.15, 0.2) is 18.2 Å². The fourth-order valence-electron chi connectivity index (χ4n) is 1.54. The van der Waals surface area contributed by atoms with E-state index in [2.05, 4.69) is 5.32 Å². The normalized spacial score (nSPS) is 12.0. The molecular weight excluding hydrogens is 250 g/mol. The van der Waals surface area contributed by atoms with Crippen LogP contribution in [0.4, 0.5) is 0 Å². The lowest BCUT2D eigenvalue weighted by atomic mass is 10.2. The molecule has 1 aromatic rings. The van der Waals surface area contributed by atoms with E-state index >= 15 is 0 Å². The van der Waals surface area contributed by atoms with Gasteiger partial charge in [-0.1, -0.05) is 25.4 Å². The van der Waals surface area contributed by atoms with Gasteiger partial charge < -0.3 is 10.1 Å². The number of aryl methyl sites for hydroxylation is 1. The third-order valence-electron chi connectivity index (χ3n) is 2.62. The predicted octanol–water partition coefficient (Wildman–Crippen LogP) is 3.33. The molecule has 0 aliphatic heterocycles. The van der Waals surface area contributed by atoms with Gasteiger partial charge in [0, 0.05) is 11.6 Å². The van der Waals surface area contributed by atoms with Crippen molar-refractivity contribution in [1.82, 2.24) is 5.32 Å². The number of hydrogen-bond acceptors (Lipinski definition) is 2. The van der Waals surface area contributed by atoms with Crippen molar-refractivity contribution in [3.05, 3.63) is 28.8 Å². The quantitative estimate of drug-likeness (QED) is 0.860. The molecule has 100 valence electrons. The smallest absolute Gasteiger partial charge is 0.261 e.